The summed E-state index contributed by atoms with van der Waals surface area (Å²) in [6.45, 7) is 3.63. The highest BCUT2D eigenvalue weighted by molar-refractivity contribution is 5.91. The summed E-state index contributed by atoms with van der Waals surface area (Å²) >= 11 is 0. The quantitative estimate of drug-likeness (QED) is 0.304. The van der Waals surface area contributed by atoms with Gasteiger partial charge in [-0.05, 0) is 73.3 Å². The van der Waals surface area contributed by atoms with Crippen LogP contribution in [-0.2, 0) is 25.5 Å². The van der Waals surface area contributed by atoms with Crippen LogP contribution in [0.1, 0.15) is 70.8 Å². The summed E-state index contributed by atoms with van der Waals surface area (Å²) in [5.41, 5.74) is 5.87. The van der Waals surface area contributed by atoms with Crippen molar-refractivity contribution in [3.05, 3.63) is 41.5 Å². The summed E-state index contributed by atoms with van der Waals surface area (Å²) in [5, 5.41) is 23.3. The van der Waals surface area contributed by atoms with Gasteiger partial charge < -0.3 is 20.7 Å². The maximum atomic E-state index is 13.4. The smallest absolute Gasteiger partial charge is 0.306 e. The third-order valence-electron chi connectivity index (χ3n) is 10.5. The van der Waals surface area contributed by atoms with Gasteiger partial charge in [-0.1, -0.05) is 43.7 Å². The van der Waals surface area contributed by atoms with Crippen molar-refractivity contribution in [3.63, 3.8) is 0 Å². The molecule has 0 bridgehead atoms. The Bertz CT molecular complexity index is 1140. The molecule has 0 spiro atoms. The number of ketones is 2. The van der Waals surface area contributed by atoms with Gasteiger partial charge in [0.05, 0.1) is 6.10 Å². The van der Waals surface area contributed by atoms with Gasteiger partial charge in [0.1, 0.15) is 11.4 Å². The van der Waals surface area contributed by atoms with E-state index in [1.165, 1.54) is 0 Å². The summed E-state index contributed by atoms with van der Waals surface area (Å²) < 4.78 is 5.30. The molecular weight excluding hydrogens is 470 g/mol. The van der Waals surface area contributed by atoms with Crippen LogP contribution in [0.25, 0.3) is 0 Å². The first-order valence-corrected chi connectivity index (χ1v) is 13.6. The fraction of sp³-hybridized carbons (Fsp3) is 0.633. The van der Waals surface area contributed by atoms with Crippen LogP contribution in [0.15, 0.2) is 35.9 Å². The van der Waals surface area contributed by atoms with Gasteiger partial charge in [0, 0.05) is 30.4 Å². The van der Waals surface area contributed by atoms with Crippen molar-refractivity contribution in [1.82, 2.24) is 0 Å². The molecule has 5 rings (SSSR count). The molecule has 0 aromatic heterocycles. The Morgan fingerprint density at radius 2 is 1.95 bits per heavy atom. The number of aliphatic hydroxyl groups is 2. The highest BCUT2D eigenvalue weighted by Gasteiger charge is 2.68. The fourth-order valence-corrected chi connectivity index (χ4v) is 8.41. The summed E-state index contributed by atoms with van der Waals surface area (Å²) in [7, 11) is 0. The molecule has 1 aromatic rings. The second-order valence-corrected chi connectivity index (χ2v) is 12.3. The second-order valence-electron chi connectivity index (χ2n) is 12.3. The number of nitrogen functional groups attached to an aromatic ring is 1. The average Bonchev–Trinajstić information content (AvgIpc) is 3.13. The predicted molar refractivity (Wildman–Crippen MR) is 138 cm³/mol. The Balaban J connectivity index is 1.27. The van der Waals surface area contributed by atoms with E-state index >= 15 is 0 Å². The molecule has 7 unspecified atom stereocenters. The second kappa shape index (κ2) is 9.35. The molecule has 0 amide bonds. The first-order valence-electron chi connectivity index (χ1n) is 13.6. The van der Waals surface area contributed by atoms with Gasteiger partial charge in [0.2, 0.25) is 5.78 Å². The molecule has 0 heterocycles. The lowest BCUT2D eigenvalue weighted by Gasteiger charge is -2.59. The molecule has 0 saturated heterocycles. The van der Waals surface area contributed by atoms with Gasteiger partial charge in [-0.15, -0.1) is 0 Å². The molecule has 7 atom stereocenters. The maximum absolute atomic E-state index is 13.4. The minimum Gasteiger partial charge on any atom is -0.458 e. The number of aliphatic hydroxyl groups excluding tert-OH is 1. The Kier molecular flexibility index (Phi) is 6.60. The predicted octanol–water partition coefficient (Wildman–Crippen LogP) is 3.55. The van der Waals surface area contributed by atoms with Gasteiger partial charge in [-0.2, -0.15) is 0 Å². The van der Waals surface area contributed by atoms with E-state index in [0.29, 0.717) is 44.2 Å². The number of fused-ring (bicyclic) bond motifs is 5. The van der Waals surface area contributed by atoms with Crippen molar-refractivity contribution in [3.8, 4) is 0 Å². The first kappa shape index (κ1) is 26.1. The lowest BCUT2D eigenvalue weighted by atomic mass is 9.46. The van der Waals surface area contributed by atoms with E-state index < -0.39 is 35.5 Å². The minimum absolute atomic E-state index is 0.0133. The lowest BCUT2D eigenvalue weighted by Crippen LogP contribution is -2.61. The zero-order valence-electron chi connectivity index (χ0n) is 21.9. The largest absolute Gasteiger partial charge is 0.458 e. The molecule has 200 valence electrons. The number of aryl methyl sites for hydroxylation is 1. The van der Waals surface area contributed by atoms with Gasteiger partial charge in [0.15, 0.2) is 6.61 Å². The molecule has 4 aliphatic rings. The summed E-state index contributed by atoms with van der Waals surface area (Å²) in [4.78, 5) is 37.9. The number of esters is 1. The number of hydrogen-bond acceptors (Lipinski definition) is 7. The van der Waals surface area contributed by atoms with Gasteiger partial charge in [-0.25, -0.2) is 0 Å². The first-order chi connectivity index (χ1) is 17.5. The number of benzene rings is 1. The van der Waals surface area contributed by atoms with Crippen LogP contribution in [0.5, 0.6) is 0 Å². The number of carbonyl (C=O) groups is 3. The standard InChI is InChI=1S/C30H39NO6/c1-28-13-11-20(32)15-19(28)8-9-21-22-12-14-30(36,29(22,2)16-24(33)27(21)28)25(34)17-37-26(35)10-7-18-5-3-4-6-23(18)31/h3-6,8,21-22,24,27,33,36H,7,9-17,31H2,1-2H3. The topological polar surface area (TPSA) is 127 Å². The molecular formula is C30H39NO6. The fourth-order valence-electron chi connectivity index (χ4n) is 8.41. The third kappa shape index (κ3) is 4.15. The van der Waals surface area contributed by atoms with Crippen molar-refractivity contribution in [2.24, 2.45) is 28.6 Å². The maximum Gasteiger partial charge on any atom is 0.306 e. The zero-order chi connectivity index (χ0) is 26.6. The van der Waals surface area contributed by atoms with Crippen molar-refractivity contribution in [2.75, 3.05) is 12.3 Å². The van der Waals surface area contributed by atoms with Crippen molar-refractivity contribution in [1.29, 1.82) is 0 Å². The molecule has 4 aliphatic carbocycles. The molecule has 7 nitrogen and oxygen atoms in total. The Labute approximate surface area is 218 Å². The van der Waals surface area contributed by atoms with Crippen LogP contribution >= 0.6 is 0 Å². The van der Waals surface area contributed by atoms with Gasteiger partial charge >= 0.3 is 5.97 Å². The van der Waals surface area contributed by atoms with E-state index in [9.17, 15) is 24.6 Å². The van der Waals surface area contributed by atoms with Crippen molar-refractivity contribution < 1.29 is 29.3 Å². The number of hydrogen-bond donors (Lipinski definition) is 3. The lowest BCUT2D eigenvalue weighted by molar-refractivity contribution is -0.182. The van der Waals surface area contributed by atoms with E-state index in [2.05, 4.69) is 13.0 Å². The van der Waals surface area contributed by atoms with E-state index in [1.807, 2.05) is 25.1 Å². The molecule has 0 radical (unpaired) electrons. The minimum atomic E-state index is -1.65. The van der Waals surface area contributed by atoms with Crippen molar-refractivity contribution >= 4 is 23.2 Å². The number of rotatable bonds is 6. The SMILES string of the molecule is CC12CCC(=O)CC1=CCC1C2C(O)CC2(C)C1CCC2(O)C(=O)COC(=O)CCc1ccccc1N. The van der Waals surface area contributed by atoms with Crippen LogP contribution in [0, 0.1) is 28.6 Å². The van der Waals surface area contributed by atoms with E-state index in [1.54, 1.807) is 6.07 Å². The molecule has 1 aromatic carbocycles. The summed E-state index contributed by atoms with van der Waals surface area (Å²) in [6, 6.07) is 7.31. The monoisotopic (exact) mass is 509 g/mol. The number of allylic oxidation sites excluding steroid dienone is 2. The van der Waals surface area contributed by atoms with E-state index in [4.69, 9.17) is 10.5 Å². The van der Waals surface area contributed by atoms with Crippen LogP contribution in [0.4, 0.5) is 5.69 Å². The Morgan fingerprint density at radius 1 is 1.19 bits per heavy atom. The molecule has 3 saturated carbocycles. The highest BCUT2D eigenvalue weighted by atomic mass is 16.5. The van der Waals surface area contributed by atoms with E-state index in [-0.39, 0.29) is 35.4 Å². The van der Waals surface area contributed by atoms with Crippen LogP contribution in [0.3, 0.4) is 0 Å². The van der Waals surface area contributed by atoms with E-state index in [0.717, 1.165) is 24.0 Å². The van der Waals surface area contributed by atoms with Gasteiger partial charge in [-0.3, -0.25) is 14.4 Å². The number of anilines is 1. The average molecular weight is 510 g/mol. The molecule has 0 aliphatic heterocycles. The number of carbonyl (C=O) groups excluding carboxylic acids is 3. The number of ether oxygens (including phenoxy) is 1. The molecule has 4 N–H and O–H groups in total. The number of nitrogens with two attached hydrogens (primary N) is 1. The third-order valence-corrected chi connectivity index (χ3v) is 10.5. The molecule has 3 fully saturated rings. The van der Waals surface area contributed by atoms with Crippen LogP contribution in [-0.4, -0.2) is 46.1 Å². The Hall–Kier alpha value is -2.51. The van der Waals surface area contributed by atoms with Crippen LogP contribution in [0.2, 0.25) is 0 Å². The molecule has 7 heteroatoms. The highest BCUT2D eigenvalue weighted by Crippen LogP contribution is 2.67. The number of Topliss-reactive ketones (excluding diaryl/α,β-unsaturated/α-hetero) is 2. The van der Waals surface area contributed by atoms with Gasteiger partial charge in [0.25, 0.3) is 0 Å². The normalized spacial score (nSPS) is 38.7. The molecule has 37 heavy (non-hydrogen) atoms. The summed E-state index contributed by atoms with van der Waals surface area (Å²) in [6.07, 6.45) is 5.83. The van der Waals surface area contributed by atoms with Crippen LogP contribution < -0.4 is 5.73 Å². The van der Waals surface area contributed by atoms with Crippen molar-refractivity contribution in [2.45, 2.75) is 83.3 Å². The number of para-hydroxylation sites is 1. The Morgan fingerprint density at radius 3 is 2.70 bits per heavy atom. The zero-order valence-corrected chi connectivity index (χ0v) is 21.9. The summed E-state index contributed by atoms with van der Waals surface area (Å²) in [5.74, 6) is -0.514.